The summed E-state index contributed by atoms with van der Waals surface area (Å²) in [7, 11) is 1.57. The van der Waals surface area contributed by atoms with E-state index < -0.39 is 0 Å². The number of rotatable bonds is 5. The summed E-state index contributed by atoms with van der Waals surface area (Å²) in [6.45, 7) is 1.08. The van der Waals surface area contributed by atoms with Crippen LogP contribution in [0.25, 0.3) is 0 Å². The van der Waals surface area contributed by atoms with Crippen molar-refractivity contribution in [2.75, 3.05) is 24.2 Å². The lowest BCUT2D eigenvalue weighted by molar-refractivity contribution is 0.0957. The summed E-state index contributed by atoms with van der Waals surface area (Å²) in [4.78, 5) is 20.3. The van der Waals surface area contributed by atoms with Crippen LogP contribution in [0.2, 0.25) is 0 Å². The van der Waals surface area contributed by atoms with Crippen LogP contribution in [0.3, 0.4) is 0 Å². The van der Waals surface area contributed by atoms with Crippen LogP contribution in [0, 0.1) is 11.3 Å². The molecule has 2 aromatic heterocycles. The molecule has 1 spiro atoms. The van der Waals surface area contributed by atoms with Gasteiger partial charge in [0.1, 0.15) is 11.9 Å². The first-order valence-corrected chi connectivity index (χ1v) is 9.71. The molecule has 1 saturated heterocycles. The van der Waals surface area contributed by atoms with Gasteiger partial charge in [-0.3, -0.25) is 4.79 Å². The number of nitriles is 1. The first-order chi connectivity index (χ1) is 14.1. The van der Waals surface area contributed by atoms with Crippen LogP contribution in [-0.4, -0.2) is 51.2 Å². The molecule has 1 aliphatic carbocycles. The number of carbonyl (C=O) groups is 1. The molecule has 2 aliphatic rings. The average molecular weight is 393 g/mol. The van der Waals surface area contributed by atoms with Gasteiger partial charge < -0.3 is 21.3 Å². The molecule has 150 valence electrons. The van der Waals surface area contributed by atoms with Gasteiger partial charge in [-0.1, -0.05) is 6.42 Å². The normalized spacial score (nSPS) is 23.0. The van der Waals surface area contributed by atoms with Crippen LogP contribution < -0.4 is 21.3 Å². The monoisotopic (exact) mass is 393 g/mol. The van der Waals surface area contributed by atoms with Gasteiger partial charge in [-0.15, -0.1) is 10.2 Å². The van der Waals surface area contributed by atoms with Crippen molar-refractivity contribution in [3.8, 4) is 6.07 Å². The fraction of sp³-hybridized carbons (Fsp3) is 0.474. The largest absolute Gasteiger partial charge is 0.380 e. The van der Waals surface area contributed by atoms with E-state index in [0.29, 0.717) is 17.3 Å². The van der Waals surface area contributed by atoms with E-state index in [-0.39, 0.29) is 28.9 Å². The summed E-state index contributed by atoms with van der Waals surface area (Å²) in [5, 5.41) is 29.7. The van der Waals surface area contributed by atoms with E-state index in [0.717, 1.165) is 19.4 Å². The second-order valence-electron chi connectivity index (χ2n) is 7.51. The number of nitrogens with one attached hydrogen (secondary N) is 4. The van der Waals surface area contributed by atoms with E-state index in [4.69, 9.17) is 5.26 Å². The van der Waals surface area contributed by atoms with E-state index in [1.54, 1.807) is 13.1 Å². The summed E-state index contributed by atoms with van der Waals surface area (Å²) < 4.78 is 0. The molecular weight excluding hydrogens is 370 g/mol. The zero-order valence-electron chi connectivity index (χ0n) is 16.2. The Labute approximate surface area is 168 Å². The molecule has 1 amide bonds. The highest BCUT2D eigenvalue weighted by molar-refractivity contribution is 5.97. The molecule has 0 unspecified atom stereocenters. The van der Waals surface area contributed by atoms with E-state index in [1.165, 1.54) is 31.7 Å². The molecule has 0 atom stereocenters. The van der Waals surface area contributed by atoms with Crippen LogP contribution in [0.4, 0.5) is 17.3 Å². The molecule has 1 saturated carbocycles. The second kappa shape index (κ2) is 7.97. The average Bonchev–Trinajstić information content (AvgIpc) is 2.73. The molecule has 1 aliphatic heterocycles. The fourth-order valence-corrected chi connectivity index (χ4v) is 4.01. The minimum atomic E-state index is -0.297. The number of amides is 1. The standard InChI is InChI=1S/C19H23N9O/c1-21-18(29)17-14(25-12-7-19(8-12)4-2-3-5-24-19)6-15(27-28-17)26-16-11-22-13(9-20)10-23-16/h6,10-12,24H,2-5,7-8H2,1H3,(H,21,29)(H2,23,25,26,27). The Balaban J connectivity index is 1.50. The summed E-state index contributed by atoms with van der Waals surface area (Å²) in [6, 6.07) is 3.94. The highest BCUT2D eigenvalue weighted by Gasteiger charge is 2.44. The third-order valence-corrected chi connectivity index (χ3v) is 5.47. The number of nitrogens with zero attached hydrogens (tertiary/aromatic N) is 5. The maximum Gasteiger partial charge on any atom is 0.273 e. The van der Waals surface area contributed by atoms with E-state index in [9.17, 15) is 4.79 Å². The first-order valence-electron chi connectivity index (χ1n) is 9.71. The molecule has 3 heterocycles. The number of hydrogen-bond acceptors (Lipinski definition) is 9. The molecule has 2 aromatic rings. The fourth-order valence-electron chi connectivity index (χ4n) is 4.01. The lowest BCUT2D eigenvalue weighted by atomic mass is 9.68. The third-order valence-electron chi connectivity index (χ3n) is 5.47. The molecule has 4 rings (SSSR count). The molecule has 29 heavy (non-hydrogen) atoms. The Kier molecular flexibility index (Phi) is 5.22. The number of carbonyl (C=O) groups excluding carboxylic acids is 1. The molecule has 0 radical (unpaired) electrons. The SMILES string of the molecule is CNC(=O)c1nnc(Nc2cnc(C#N)cn2)cc1NC1CC2(CCCCN2)C1. The smallest absolute Gasteiger partial charge is 0.273 e. The van der Waals surface area contributed by atoms with Gasteiger partial charge in [0, 0.05) is 24.7 Å². The van der Waals surface area contributed by atoms with Crippen LogP contribution in [0.5, 0.6) is 0 Å². The first kappa shape index (κ1) is 19.0. The van der Waals surface area contributed by atoms with Crippen molar-refractivity contribution in [1.29, 1.82) is 5.26 Å². The molecule has 4 N–H and O–H groups in total. The van der Waals surface area contributed by atoms with Crippen molar-refractivity contribution in [1.82, 2.24) is 30.8 Å². The van der Waals surface area contributed by atoms with Crippen LogP contribution >= 0.6 is 0 Å². The Morgan fingerprint density at radius 3 is 2.76 bits per heavy atom. The predicted octanol–water partition coefficient (Wildman–Crippen LogP) is 1.33. The zero-order valence-corrected chi connectivity index (χ0v) is 16.2. The molecular formula is C19H23N9O. The highest BCUT2D eigenvalue weighted by Crippen LogP contribution is 2.40. The van der Waals surface area contributed by atoms with Crippen LogP contribution in [-0.2, 0) is 0 Å². The summed E-state index contributed by atoms with van der Waals surface area (Å²) in [6.07, 6.45) is 8.57. The number of anilines is 3. The van der Waals surface area contributed by atoms with Crippen molar-refractivity contribution >= 4 is 23.2 Å². The molecule has 10 heteroatoms. The maximum atomic E-state index is 12.2. The quantitative estimate of drug-likeness (QED) is 0.592. The van der Waals surface area contributed by atoms with Crippen molar-refractivity contribution in [3.63, 3.8) is 0 Å². The van der Waals surface area contributed by atoms with Gasteiger partial charge in [0.05, 0.1) is 18.1 Å². The molecule has 0 aromatic carbocycles. The minimum absolute atomic E-state index is 0.231. The van der Waals surface area contributed by atoms with Gasteiger partial charge in [0.25, 0.3) is 5.91 Å². The van der Waals surface area contributed by atoms with Gasteiger partial charge >= 0.3 is 0 Å². The van der Waals surface area contributed by atoms with Crippen LogP contribution in [0.15, 0.2) is 18.5 Å². The highest BCUT2D eigenvalue weighted by atomic mass is 16.1. The van der Waals surface area contributed by atoms with E-state index >= 15 is 0 Å². The molecule has 2 fully saturated rings. The Morgan fingerprint density at radius 1 is 1.24 bits per heavy atom. The van der Waals surface area contributed by atoms with Crippen LogP contribution in [0.1, 0.15) is 48.3 Å². The second-order valence-corrected chi connectivity index (χ2v) is 7.51. The minimum Gasteiger partial charge on any atom is -0.380 e. The Hall–Kier alpha value is -3.32. The topological polar surface area (TPSA) is 141 Å². The van der Waals surface area contributed by atoms with Crippen molar-refractivity contribution in [2.24, 2.45) is 0 Å². The van der Waals surface area contributed by atoms with Crippen molar-refractivity contribution < 1.29 is 4.79 Å². The zero-order chi connectivity index (χ0) is 20.3. The summed E-state index contributed by atoms with van der Waals surface area (Å²) in [5.74, 6) is 0.574. The van der Waals surface area contributed by atoms with Gasteiger partial charge in [0.15, 0.2) is 17.2 Å². The predicted molar refractivity (Wildman–Crippen MR) is 107 cm³/mol. The van der Waals surface area contributed by atoms with Gasteiger partial charge in [-0.25, -0.2) is 9.97 Å². The summed E-state index contributed by atoms with van der Waals surface area (Å²) >= 11 is 0. The maximum absolute atomic E-state index is 12.2. The van der Waals surface area contributed by atoms with Crippen molar-refractivity contribution in [2.45, 2.75) is 43.7 Å². The molecule has 10 nitrogen and oxygen atoms in total. The number of piperidine rings is 1. The van der Waals surface area contributed by atoms with Gasteiger partial charge in [-0.2, -0.15) is 5.26 Å². The Bertz CT molecular complexity index is 924. The van der Waals surface area contributed by atoms with E-state index in [1.807, 2.05) is 6.07 Å². The number of hydrogen-bond donors (Lipinski definition) is 4. The number of aromatic nitrogens is 4. The summed E-state index contributed by atoms with van der Waals surface area (Å²) in [5.41, 5.74) is 1.35. The molecule has 0 bridgehead atoms. The Morgan fingerprint density at radius 2 is 2.10 bits per heavy atom. The van der Waals surface area contributed by atoms with Crippen molar-refractivity contribution in [3.05, 3.63) is 29.8 Å². The van der Waals surface area contributed by atoms with E-state index in [2.05, 4.69) is 41.4 Å². The van der Waals surface area contributed by atoms with Gasteiger partial charge in [-0.05, 0) is 32.2 Å². The lowest BCUT2D eigenvalue weighted by Gasteiger charge is -2.51. The van der Waals surface area contributed by atoms with Gasteiger partial charge in [0.2, 0.25) is 0 Å². The lowest BCUT2D eigenvalue weighted by Crippen LogP contribution is -2.61. The third kappa shape index (κ3) is 4.09.